The highest BCUT2D eigenvalue weighted by Crippen LogP contribution is 2.37. The van der Waals surface area contributed by atoms with Gasteiger partial charge < -0.3 is 20.5 Å². The molecule has 2 fully saturated rings. The van der Waals surface area contributed by atoms with Crippen LogP contribution in [0.15, 0.2) is 0 Å². The molecule has 0 atom stereocenters. The van der Waals surface area contributed by atoms with Crippen molar-refractivity contribution in [3.8, 4) is 0 Å². The van der Waals surface area contributed by atoms with Crippen LogP contribution in [0.1, 0.15) is 65.7 Å². The van der Waals surface area contributed by atoms with E-state index in [4.69, 9.17) is 10.5 Å². The van der Waals surface area contributed by atoms with Crippen LogP contribution in [-0.2, 0) is 4.74 Å². The summed E-state index contributed by atoms with van der Waals surface area (Å²) in [7, 11) is 0. The smallest absolute Gasteiger partial charge is 0.410 e. The molecule has 2 rings (SSSR count). The lowest BCUT2D eigenvalue weighted by Crippen LogP contribution is -2.48. The van der Waals surface area contributed by atoms with Crippen molar-refractivity contribution in [2.24, 2.45) is 17.6 Å². The minimum Gasteiger partial charge on any atom is -0.444 e. The van der Waals surface area contributed by atoms with Crippen LogP contribution in [0.2, 0.25) is 0 Å². The van der Waals surface area contributed by atoms with Crippen molar-refractivity contribution in [3.63, 3.8) is 0 Å². The molecule has 1 amide bonds. The quantitative estimate of drug-likeness (QED) is 0.836. The fourth-order valence-corrected chi connectivity index (χ4v) is 3.84. The lowest BCUT2D eigenvalue weighted by Gasteiger charge is -2.41. The normalized spacial score (nSPS) is 28.5. The Hall–Kier alpha value is -0.810. The van der Waals surface area contributed by atoms with Gasteiger partial charge in [0.2, 0.25) is 0 Å². The van der Waals surface area contributed by atoms with Crippen molar-refractivity contribution < 1.29 is 14.6 Å². The molecule has 134 valence electrons. The molecule has 5 nitrogen and oxygen atoms in total. The largest absolute Gasteiger partial charge is 0.444 e. The van der Waals surface area contributed by atoms with Crippen molar-refractivity contribution in [2.45, 2.75) is 76.9 Å². The van der Waals surface area contributed by atoms with E-state index >= 15 is 0 Å². The van der Waals surface area contributed by atoms with Crippen molar-refractivity contribution >= 4 is 6.09 Å². The predicted molar refractivity (Wildman–Crippen MR) is 91.1 cm³/mol. The maximum absolute atomic E-state index is 12.1. The van der Waals surface area contributed by atoms with E-state index in [-0.39, 0.29) is 6.09 Å². The Morgan fingerprint density at radius 2 is 1.70 bits per heavy atom. The summed E-state index contributed by atoms with van der Waals surface area (Å²) in [6.45, 7) is 7.60. The van der Waals surface area contributed by atoms with Crippen LogP contribution in [-0.4, -0.2) is 46.9 Å². The Morgan fingerprint density at radius 1 is 1.17 bits per heavy atom. The van der Waals surface area contributed by atoms with Gasteiger partial charge in [-0.15, -0.1) is 0 Å². The molecule has 1 aliphatic heterocycles. The van der Waals surface area contributed by atoms with Crippen molar-refractivity contribution in [2.75, 3.05) is 19.6 Å². The molecule has 0 unspecified atom stereocenters. The molecular formula is C18H34N2O3. The van der Waals surface area contributed by atoms with Crippen LogP contribution >= 0.6 is 0 Å². The number of nitrogens with zero attached hydrogens (tertiary/aromatic N) is 1. The molecule has 1 heterocycles. The fraction of sp³-hybridized carbons (Fsp3) is 0.944. The molecule has 2 aliphatic rings. The molecule has 1 saturated carbocycles. The third kappa shape index (κ3) is 5.64. The number of hydrogen-bond donors (Lipinski definition) is 2. The highest BCUT2D eigenvalue weighted by Gasteiger charge is 2.37. The highest BCUT2D eigenvalue weighted by molar-refractivity contribution is 5.68. The average molecular weight is 326 g/mol. The Kier molecular flexibility index (Phi) is 5.95. The van der Waals surface area contributed by atoms with E-state index in [1.165, 1.54) is 25.7 Å². The van der Waals surface area contributed by atoms with E-state index in [1.54, 1.807) is 4.90 Å². The summed E-state index contributed by atoms with van der Waals surface area (Å²) in [6.07, 6.45) is 6.67. The number of hydrogen-bond acceptors (Lipinski definition) is 4. The molecule has 3 N–H and O–H groups in total. The maximum atomic E-state index is 12.1. The Bertz CT molecular complexity index is 390. The second-order valence-electron chi connectivity index (χ2n) is 8.52. The Labute approximate surface area is 140 Å². The van der Waals surface area contributed by atoms with E-state index in [0.717, 1.165) is 13.0 Å². The summed E-state index contributed by atoms with van der Waals surface area (Å²) >= 11 is 0. The van der Waals surface area contributed by atoms with Gasteiger partial charge in [-0.2, -0.15) is 0 Å². The predicted octanol–water partition coefficient (Wildman–Crippen LogP) is 2.90. The third-order valence-corrected chi connectivity index (χ3v) is 5.31. The maximum Gasteiger partial charge on any atom is 0.410 e. The number of amides is 1. The second-order valence-corrected chi connectivity index (χ2v) is 8.52. The summed E-state index contributed by atoms with van der Waals surface area (Å²) in [5.74, 6) is 1.28. The van der Waals surface area contributed by atoms with E-state index in [9.17, 15) is 9.90 Å². The fourth-order valence-electron chi connectivity index (χ4n) is 3.84. The van der Waals surface area contributed by atoms with Crippen LogP contribution in [0.25, 0.3) is 0 Å². The van der Waals surface area contributed by atoms with E-state index < -0.39 is 11.2 Å². The van der Waals surface area contributed by atoms with Gasteiger partial charge in [0.1, 0.15) is 5.60 Å². The zero-order chi connectivity index (χ0) is 17.1. The minimum absolute atomic E-state index is 0.261. The Morgan fingerprint density at radius 3 is 2.17 bits per heavy atom. The topological polar surface area (TPSA) is 75.8 Å². The molecular weight excluding hydrogens is 292 g/mol. The molecule has 0 spiro atoms. The first-order valence-corrected chi connectivity index (χ1v) is 9.11. The van der Waals surface area contributed by atoms with Gasteiger partial charge in [-0.1, -0.05) is 12.8 Å². The van der Waals surface area contributed by atoms with Crippen molar-refractivity contribution in [1.82, 2.24) is 4.90 Å². The van der Waals surface area contributed by atoms with Gasteiger partial charge >= 0.3 is 6.09 Å². The van der Waals surface area contributed by atoms with Crippen molar-refractivity contribution in [3.05, 3.63) is 0 Å². The summed E-state index contributed by atoms with van der Waals surface area (Å²) in [5, 5.41) is 10.9. The van der Waals surface area contributed by atoms with E-state index in [2.05, 4.69) is 0 Å². The number of ether oxygens (including phenoxy) is 1. The summed E-state index contributed by atoms with van der Waals surface area (Å²) in [4.78, 5) is 13.8. The number of carbonyl (C=O) groups excluding carboxylic acids is 1. The lowest BCUT2D eigenvalue weighted by molar-refractivity contribution is -0.0487. The van der Waals surface area contributed by atoms with E-state index in [1.807, 2.05) is 20.8 Å². The van der Waals surface area contributed by atoms with Gasteiger partial charge in [-0.05, 0) is 71.3 Å². The molecule has 0 aromatic heterocycles. The summed E-state index contributed by atoms with van der Waals surface area (Å²) < 4.78 is 5.41. The molecule has 23 heavy (non-hydrogen) atoms. The monoisotopic (exact) mass is 326 g/mol. The lowest BCUT2D eigenvalue weighted by atomic mass is 9.74. The van der Waals surface area contributed by atoms with Gasteiger partial charge in [0.15, 0.2) is 0 Å². The standard InChI is InChI=1S/C18H34N2O3/c1-17(2,3)23-16(21)20-10-8-18(22,9-11-20)12-14-4-6-15(13-19)7-5-14/h14-15,22H,4-13,19H2,1-3H3. The van der Waals surface area contributed by atoms with Crippen LogP contribution in [0.4, 0.5) is 4.79 Å². The molecule has 0 aromatic carbocycles. The molecule has 5 heteroatoms. The molecule has 0 aromatic rings. The number of rotatable bonds is 3. The van der Waals surface area contributed by atoms with Gasteiger partial charge in [0.25, 0.3) is 0 Å². The van der Waals surface area contributed by atoms with Gasteiger partial charge in [0.05, 0.1) is 5.60 Å². The van der Waals surface area contributed by atoms with Crippen LogP contribution in [0.3, 0.4) is 0 Å². The summed E-state index contributed by atoms with van der Waals surface area (Å²) in [5.41, 5.74) is 4.67. The second kappa shape index (κ2) is 7.39. The first-order chi connectivity index (χ1) is 10.7. The highest BCUT2D eigenvalue weighted by atomic mass is 16.6. The number of carbonyl (C=O) groups is 1. The van der Waals surface area contributed by atoms with Crippen LogP contribution in [0, 0.1) is 11.8 Å². The minimum atomic E-state index is -0.612. The summed E-state index contributed by atoms with van der Waals surface area (Å²) in [6, 6.07) is 0. The molecule has 0 bridgehead atoms. The van der Waals surface area contributed by atoms with Gasteiger partial charge in [-0.25, -0.2) is 4.79 Å². The first kappa shape index (κ1) is 18.5. The van der Waals surface area contributed by atoms with Crippen LogP contribution < -0.4 is 5.73 Å². The first-order valence-electron chi connectivity index (χ1n) is 9.11. The van der Waals surface area contributed by atoms with Gasteiger partial charge in [0, 0.05) is 13.1 Å². The van der Waals surface area contributed by atoms with E-state index in [0.29, 0.717) is 37.8 Å². The van der Waals surface area contributed by atoms with Gasteiger partial charge in [-0.3, -0.25) is 0 Å². The number of aliphatic hydroxyl groups is 1. The molecule has 0 radical (unpaired) electrons. The zero-order valence-electron chi connectivity index (χ0n) is 15.0. The number of piperidine rings is 1. The Balaban J connectivity index is 1.77. The average Bonchev–Trinajstić information content (AvgIpc) is 2.46. The van der Waals surface area contributed by atoms with Crippen molar-refractivity contribution in [1.29, 1.82) is 0 Å². The number of nitrogens with two attached hydrogens (primary N) is 1. The third-order valence-electron chi connectivity index (χ3n) is 5.31. The zero-order valence-corrected chi connectivity index (χ0v) is 15.0. The molecule has 1 saturated heterocycles. The number of likely N-dealkylation sites (tertiary alicyclic amines) is 1. The SMILES string of the molecule is CC(C)(C)OC(=O)N1CCC(O)(CC2CCC(CN)CC2)CC1. The molecule has 1 aliphatic carbocycles. The van der Waals surface area contributed by atoms with Crippen LogP contribution in [0.5, 0.6) is 0 Å².